The molecule has 2 rings (SSSR count). The normalized spacial score (nSPS) is 13.6. The topological polar surface area (TPSA) is 81.7 Å². The number of aldehydes is 1. The minimum Gasteiger partial charge on any atom is -0.452 e. The quantitative estimate of drug-likeness (QED) is 0.388. The number of hydrogen-bond acceptors (Lipinski definition) is 5. The highest BCUT2D eigenvalue weighted by Gasteiger charge is 2.67. The van der Waals surface area contributed by atoms with Crippen molar-refractivity contribution in [2.75, 3.05) is 11.9 Å². The summed E-state index contributed by atoms with van der Waals surface area (Å²) in [5.74, 6) is -3.03. The zero-order chi connectivity index (χ0) is 21.1. The van der Waals surface area contributed by atoms with Crippen LogP contribution in [0.5, 0.6) is 5.75 Å². The molecule has 1 amide bonds. The van der Waals surface area contributed by atoms with Gasteiger partial charge in [-0.1, -0.05) is 37.6 Å². The highest BCUT2D eigenvalue weighted by molar-refractivity contribution is 8.42. The molecule has 0 spiro atoms. The Balaban J connectivity index is 1.95. The molecule has 152 valence electrons. The Morgan fingerprint density at radius 3 is 2.21 bits per heavy atom. The first-order valence-corrected chi connectivity index (χ1v) is 9.19. The molecule has 2 aromatic rings. The van der Waals surface area contributed by atoms with Crippen LogP contribution in [0, 0.1) is 0 Å². The lowest BCUT2D eigenvalue weighted by Gasteiger charge is -2.39. The second-order valence-corrected chi connectivity index (χ2v) is 7.34. The molecule has 0 bridgehead atoms. The zero-order valence-electron chi connectivity index (χ0n) is 13.7. The molecule has 0 saturated carbocycles. The number of esters is 1. The summed E-state index contributed by atoms with van der Waals surface area (Å²) < 4.78 is 69.2. The van der Waals surface area contributed by atoms with Crippen LogP contribution >= 0.6 is 10.5 Å². The Morgan fingerprint density at radius 1 is 1.00 bits per heavy atom. The number of nitrogens with one attached hydrogen (secondary N) is 1. The molecule has 0 aliphatic rings. The number of ether oxygens (including phenoxy) is 1. The van der Waals surface area contributed by atoms with Gasteiger partial charge in [-0.25, -0.2) is 4.79 Å². The van der Waals surface area contributed by atoms with E-state index in [9.17, 15) is 33.8 Å². The van der Waals surface area contributed by atoms with Crippen LogP contribution < -0.4 is 9.50 Å². The van der Waals surface area contributed by atoms with E-state index in [1.54, 1.807) is 0 Å². The summed E-state index contributed by atoms with van der Waals surface area (Å²) in [6.07, 6.45) is 0.566. The number of hydrogen-bond donors (Lipinski definition) is 1. The van der Waals surface area contributed by atoms with E-state index in [0.717, 1.165) is 12.1 Å². The van der Waals surface area contributed by atoms with Crippen LogP contribution in [0.4, 0.5) is 25.1 Å². The molecular weight excluding hydrogens is 413 g/mol. The third kappa shape index (κ3) is 7.23. The third-order valence-electron chi connectivity index (χ3n) is 2.99. The van der Waals surface area contributed by atoms with Gasteiger partial charge in [-0.2, -0.15) is 0 Å². The lowest BCUT2D eigenvalue weighted by atomic mass is 10.1. The van der Waals surface area contributed by atoms with Gasteiger partial charge in [0.1, 0.15) is 12.0 Å². The maximum atomic E-state index is 12.3. The van der Waals surface area contributed by atoms with Gasteiger partial charge >= 0.3 is 16.5 Å². The lowest BCUT2D eigenvalue weighted by molar-refractivity contribution is -0.119. The fourth-order valence-electron chi connectivity index (χ4n) is 1.92. The largest absolute Gasteiger partial charge is 0.452 e. The zero-order valence-corrected chi connectivity index (χ0v) is 14.6. The number of benzene rings is 2. The van der Waals surface area contributed by atoms with Gasteiger partial charge < -0.3 is 14.2 Å². The Bertz CT molecular complexity index is 916. The molecule has 0 atom stereocenters. The molecule has 0 radical (unpaired) electrons. The third-order valence-corrected chi connectivity index (χ3v) is 3.50. The van der Waals surface area contributed by atoms with Crippen LogP contribution in [0.2, 0.25) is 0 Å². The number of carbonyl (C=O) groups excluding carboxylic acids is 3. The number of amides is 1. The van der Waals surface area contributed by atoms with Crippen molar-refractivity contribution in [2.45, 2.75) is 0 Å². The average Bonchev–Trinajstić information content (AvgIpc) is 2.57. The van der Waals surface area contributed by atoms with Crippen molar-refractivity contribution in [1.82, 2.24) is 0 Å². The minimum absolute atomic E-state index is 0.0599. The van der Waals surface area contributed by atoms with Gasteiger partial charge in [0.25, 0.3) is 5.91 Å². The van der Waals surface area contributed by atoms with E-state index in [0.29, 0.717) is 24.0 Å². The van der Waals surface area contributed by atoms with Gasteiger partial charge in [-0.05, 0) is 24.3 Å². The van der Waals surface area contributed by atoms with Crippen LogP contribution in [0.25, 0.3) is 0 Å². The molecule has 0 aliphatic heterocycles. The van der Waals surface area contributed by atoms with E-state index >= 15 is 0 Å². The maximum Gasteiger partial charge on any atom is 0.435 e. The fraction of sp³-hybridized carbons (Fsp3) is 0.0625. The van der Waals surface area contributed by atoms with Gasteiger partial charge in [0.15, 0.2) is 6.61 Å². The first-order valence-electron chi connectivity index (χ1n) is 7.31. The van der Waals surface area contributed by atoms with Crippen molar-refractivity contribution in [2.24, 2.45) is 0 Å². The summed E-state index contributed by atoms with van der Waals surface area (Å²) >= 11 is 0. The second-order valence-electron chi connectivity index (χ2n) is 5.37. The maximum absolute atomic E-state index is 12.3. The van der Waals surface area contributed by atoms with Crippen LogP contribution in [-0.2, 0) is 9.53 Å². The highest BCUT2D eigenvalue weighted by atomic mass is 32.5. The van der Waals surface area contributed by atoms with E-state index in [4.69, 9.17) is 4.74 Å². The van der Waals surface area contributed by atoms with E-state index < -0.39 is 34.7 Å². The molecule has 0 fully saturated rings. The van der Waals surface area contributed by atoms with Crippen molar-refractivity contribution in [3.8, 4) is 5.75 Å². The number of halogens is 5. The van der Waals surface area contributed by atoms with Crippen molar-refractivity contribution in [3.63, 3.8) is 0 Å². The van der Waals surface area contributed by atoms with Gasteiger partial charge in [0.05, 0.1) is 5.56 Å². The van der Waals surface area contributed by atoms with Crippen molar-refractivity contribution in [3.05, 3.63) is 59.7 Å². The van der Waals surface area contributed by atoms with Gasteiger partial charge in [-0.3, -0.25) is 9.59 Å². The summed E-state index contributed by atoms with van der Waals surface area (Å²) in [5.41, 5.74) is 0.100. The molecule has 28 heavy (non-hydrogen) atoms. The molecule has 1 N–H and O–H groups in total. The summed E-state index contributed by atoms with van der Waals surface area (Å²) in [7, 11) is -10.1. The van der Waals surface area contributed by atoms with Gasteiger partial charge in [0.2, 0.25) is 0 Å². The van der Waals surface area contributed by atoms with Crippen molar-refractivity contribution in [1.29, 1.82) is 0 Å². The van der Waals surface area contributed by atoms with Gasteiger partial charge in [-0.15, -0.1) is 0 Å². The monoisotopic (exact) mass is 425 g/mol. The highest BCUT2D eigenvalue weighted by Crippen LogP contribution is 2.97. The first kappa shape index (κ1) is 21.2. The summed E-state index contributed by atoms with van der Waals surface area (Å²) in [4.78, 5) is 34.0. The van der Waals surface area contributed by atoms with Gasteiger partial charge in [0, 0.05) is 17.3 Å². The molecule has 12 heteroatoms. The lowest BCUT2D eigenvalue weighted by Crippen LogP contribution is -2.21. The fourth-order valence-corrected chi connectivity index (χ4v) is 2.38. The summed E-state index contributed by atoms with van der Waals surface area (Å²) in [6, 6.07) is 8.55. The van der Waals surface area contributed by atoms with Crippen LogP contribution in [0.1, 0.15) is 20.7 Å². The standard InChI is InChI=1S/C16H12F5NO5S/c17-28(18,19,20,21)27-14-3-1-2-13(8-14)22-15(24)10-26-16(25)12-6-4-11(9-23)5-7-12/h1-9H,10H2,(H,22,24). The molecule has 0 aliphatic carbocycles. The van der Waals surface area contributed by atoms with Crippen LogP contribution in [-0.4, -0.2) is 24.8 Å². The first-order chi connectivity index (χ1) is 12.7. The Morgan fingerprint density at radius 2 is 1.64 bits per heavy atom. The summed E-state index contributed by atoms with van der Waals surface area (Å²) in [6.45, 7) is -0.791. The summed E-state index contributed by atoms with van der Waals surface area (Å²) in [5, 5.41) is 2.08. The predicted octanol–water partition coefficient (Wildman–Crippen LogP) is 4.89. The second kappa shape index (κ2) is 6.78. The van der Waals surface area contributed by atoms with Crippen molar-refractivity contribution >= 4 is 34.4 Å². The molecule has 0 heterocycles. The molecule has 0 saturated heterocycles. The van der Waals surface area contributed by atoms with Crippen LogP contribution in [0.3, 0.4) is 0 Å². The van der Waals surface area contributed by atoms with E-state index in [1.807, 2.05) is 0 Å². The Hall–Kier alpha value is -3.15. The number of rotatable bonds is 7. The Labute approximate surface area is 155 Å². The van der Waals surface area contributed by atoms with E-state index in [1.165, 1.54) is 24.3 Å². The Kier molecular flexibility index (Phi) is 5.12. The van der Waals surface area contributed by atoms with E-state index in [2.05, 4.69) is 9.50 Å². The van der Waals surface area contributed by atoms with Crippen molar-refractivity contribution < 1.29 is 42.7 Å². The SMILES string of the molecule is O=Cc1ccc(C(=O)OCC(=O)Nc2cccc(OS(F)(F)(F)(F)F)c2)cc1. The number of carbonyl (C=O) groups is 3. The molecular formula is C16H12F5NO5S. The predicted molar refractivity (Wildman–Crippen MR) is 90.9 cm³/mol. The molecule has 0 unspecified atom stereocenters. The number of anilines is 1. The van der Waals surface area contributed by atoms with E-state index in [-0.39, 0.29) is 11.3 Å². The molecule has 2 aromatic carbocycles. The minimum atomic E-state index is -10.1. The molecule has 0 aromatic heterocycles. The smallest absolute Gasteiger partial charge is 0.435 e. The average molecular weight is 425 g/mol. The van der Waals surface area contributed by atoms with Crippen LogP contribution in [0.15, 0.2) is 48.5 Å². The molecule has 6 nitrogen and oxygen atoms in total.